The van der Waals surface area contributed by atoms with Gasteiger partial charge in [0, 0.05) is 11.0 Å². The molecule has 0 saturated heterocycles. The average Bonchev–Trinajstić information content (AvgIpc) is 2.35. The molecule has 0 fully saturated rings. The van der Waals surface area contributed by atoms with Crippen LogP contribution in [-0.4, -0.2) is 24.5 Å². The first kappa shape index (κ1) is 17.4. The average molecular weight is 370 g/mol. The number of amides is 1. The second-order valence-electron chi connectivity index (χ2n) is 4.46. The Morgan fingerprint density at radius 1 is 1.45 bits per heavy atom. The van der Waals surface area contributed by atoms with Gasteiger partial charge >= 0.3 is 6.18 Å². The predicted molar refractivity (Wildman–Crippen MR) is 79.0 cm³/mol. The summed E-state index contributed by atoms with van der Waals surface area (Å²) in [5.74, 6) is 0.351. The van der Waals surface area contributed by atoms with Crippen LogP contribution in [-0.2, 0) is 6.18 Å². The molecule has 1 atom stereocenters. The summed E-state index contributed by atoms with van der Waals surface area (Å²) in [6.45, 7) is 2.29. The molecule has 1 amide bonds. The Hall–Kier alpha value is -0.690. The summed E-state index contributed by atoms with van der Waals surface area (Å²) >= 11 is 4.62. The molecule has 0 saturated carbocycles. The first-order valence-corrected chi connectivity index (χ1v) is 8.08. The second kappa shape index (κ2) is 7.36. The zero-order chi connectivity index (χ0) is 15.3. The Balaban J connectivity index is 2.88. The summed E-state index contributed by atoms with van der Waals surface area (Å²) in [7, 11) is 0. The molecule has 112 valence electrons. The van der Waals surface area contributed by atoms with Gasteiger partial charge in [-0.05, 0) is 36.1 Å². The Labute approximate surface area is 128 Å². The summed E-state index contributed by atoms with van der Waals surface area (Å²) in [5.41, 5.74) is -1.28. The van der Waals surface area contributed by atoms with Gasteiger partial charge in [-0.2, -0.15) is 24.9 Å². The topological polar surface area (TPSA) is 29.1 Å². The minimum Gasteiger partial charge on any atom is -0.352 e. The number of carbonyl (C=O) groups is 1. The molecule has 20 heavy (non-hydrogen) atoms. The van der Waals surface area contributed by atoms with Crippen molar-refractivity contribution in [3.63, 3.8) is 0 Å². The fraction of sp³-hybridized carbons (Fsp3) is 0.462. The van der Waals surface area contributed by atoms with Gasteiger partial charge in [0.1, 0.15) is 0 Å². The van der Waals surface area contributed by atoms with Crippen molar-refractivity contribution in [1.82, 2.24) is 5.32 Å². The van der Waals surface area contributed by atoms with Crippen molar-refractivity contribution < 1.29 is 18.0 Å². The maximum Gasteiger partial charge on any atom is 0.417 e. The lowest BCUT2D eigenvalue weighted by Crippen LogP contribution is -2.30. The second-order valence-corrected chi connectivity index (χ2v) is 6.28. The molecule has 0 bridgehead atoms. The highest BCUT2D eigenvalue weighted by molar-refractivity contribution is 9.10. The molecule has 2 nitrogen and oxygen atoms in total. The Morgan fingerprint density at radius 2 is 2.10 bits per heavy atom. The normalized spacial score (nSPS) is 13.1. The number of hydrogen-bond acceptors (Lipinski definition) is 2. The van der Waals surface area contributed by atoms with Crippen molar-refractivity contribution in [2.24, 2.45) is 5.92 Å². The van der Waals surface area contributed by atoms with Gasteiger partial charge in [0.15, 0.2) is 0 Å². The highest BCUT2D eigenvalue weighted by Gasteiger charge is 2.35. The van der Waals surface area contributed by atoms with Crippen molar-refractivity contribution in [3.05, 3.63) is 33.8 Å². The predicted octanol–water partition coefficient (Wildman–Crippen LogP) is 4.20. The third-order valence-electron chi connectivity index (χ3n) is 2.59. The van der Waals surface area contributed by atoms with E-state index in [1.54, 1.807) is 11.8 Å². The fourth-order valence-electron chi connectivity index (χ4n) is 1.65. The first-order chi connectivity index (χ1) is 9.25. The molecule has 1 N–H and O–H groups in total. The van der Waals surface area contributed by atoms with Gasteiger partial charge < -0.3 is 5.32 Å². The molecule has 0 heterocycles. The molecule has 0 spiro atoms. The van der Waals surface area contributed by atoms with E-state index in [0.717, 1.165) is 11.8 Å². The fourth-order valence-corrected chi connectivity index (χ4v) is 2.70. The molecule has 0 aliphatic heterocycles. The Kier molecular flexibility index (Phi) is 6.39. The van der Waals surface area contributed by atoms with E-state index in [1.165, 1.54) is 12.1 Å². The van der Waals surface area contributed by atoms with Crippen LogP contribution in [0, 0.1) is 5.92 Å². The van der Waals surface area contributed by atoms with Gasteiger partial charge in [0.25, 0.3) is 5.91 Å². The van der Waals surface area contributed by atoms with E-state index in [2.05, 4.69) is 21.2 Å². The molecule has 1 aromatic carbocycles. The van der Waals surface area contributed by atoms with Gasteiger partial charge in [-0.25, -0.2) is 0 Å². The van der Waals surface area contributed by atoms with E-state index in [9.17, 15) is 18.0 Å². The van der Waals surface area contributed by atoms with Gasteiger partial charge in [0.2, 0.25) is 0 Å². The van der Waals surface area contributed by atoms with Crippen LogP contribution in [0.25, 0.3) is 0 Å². The van der Waals surface area contributed by atoms with Crippen molar-refractivity contribution in [2.75, 3.05) is 18.6 Å². The molecular formula is C13H15BrF3NOS. The van der Waals surface area contributed by atoms with Crippen molar-refractivity contribution in [1.29, 1.82) is 0 Å². The summed E-state index contributed by atoms with van der Waals surface area (Å²) in [4.78, 5) is 11.9. The van der Waals surface area contributed by atoms with Gasteiger partial charge in [-0.1, -0.05) is 22.9 Å². The summed E-state index contributed by atoms with van der Waals surface area (Å²) in [6, 6.07) is 3.52. The maximum absolute atomic E-state index is 12.9. The van der Waals surface area contributed by atoms with Crippen LogP contribution < -0.4 is 5.32 Å². The van der Waals surface area contributed by atoms with Crippen LogP contribution in [0.1, 0.15) is 22.8 Å². The molecule has 1 unspecified atom stereocenters. The number of hydrogen-bond donors (Lipinski definition) is 1. The Bertz CT molecular complexity index is 479. The lowest BCUT2D eigenvalue weighted by molar-refractivity contribution is -0.138. The quantitative estimate of drug-likeness (QED) is 0.842. The number of nitrogens with one attached hydrogen (secondary N) is 1. The summed E-state index contributed by atoms with van der Waals surface area (Å²) < 4.78 is 39.0. The Morgan fingerprint density at radius 3 is 2.65 bits per heavy atom. The number of benzene rings is 1. The molecule has 0 aliphatic carbocycles. The zero-order valence-electron chi connectivity index (χ0n) is 11.1. The van der Waals surface area contributed by atoms with E-state index in [4.69, 9.17) is 0 Å². The highest BCUT2D eigenvalue weighted by atomic mass is 79.9. The van der Waals surface area contributed by atoms with Gasteiger partial charge in [-0.15, -0.1) is 0 Å². The standard InChI is InChI=1S/C13H15BrF3NOS/c1-8(7-20-2)6-18-12(19)10-4-3-9(14)5-11(10)13(15,16)17/h3-5,8H,6-7H2,1-2H3,(H,18,19). The van der Waals surface area contributed by atoms with Crippen molar-refractivity contribution in [2.45, 2.75) is 13.1 Å². The summed E-state index contributed by atoms with van der Waals surface area (Å²) in [5, 5.41) is 2.55. The lowest BCUT2D eigenvalue weighted by Gasteiger charge is -2.15. The molecule has 0 aromatic heterocycles. The van der Waals surface area contributed by atoms with Gasteiger partial charge in [-0.3, -0.25) is 4.79 Å². The van der Waals surface area contributed by atoms with Crippen LogP contribution in [0.3, 0.4) is 0 Å². The smallest absolute Gasteiger partial charge is 0.352 e. The number of alkyl halides is 3. The van der Waals surface area contributed by atoms with Crippen molar-refractivity contribution in [3.8, 4) is 0 Å². The minimum absolute atomic E-state index is 0.207. The number of halogens is 4. The number of carbonyl (C=O) groups excluding carboxylic acids is 1. The molecule has 7 heteroatoms. The van der Waals surface area contributed by atoms with Crippen LogP contribution in [0.4, 0.5) is 13.2 Å². The van der Waals surface area contributed by atoms with Gasteiger partial charge in [0.05, 0.1) is 11.1 Å². The molecular weight excluding hydrogens is 355 g/mol. The lowest BCUT2D eigenvalue weighted by atomic mass is 10.1. The number of thioether (sulfide) groups is 1. The zero-order valence-corrected chi connectivity index (χ0v) is 13.5. The SMILES string of the molecule is CSCC(C)CNC(=O)c1ccc(Br)cc1C(F)(F)F. The van der Waals surface area contributed by atoms with Crippen molar-refractivity contribution >= 4 is 33.6 Å². The van der Waals surface area contributed by atoms with Crippen LogP contribution in [0.5, 0.6) is 0 Å². The summed E-state index contributed by atoms with van der Waals surface area (Å²) in [6.07, 6.45) is -2.61. The van der Waals surface area contributed by atoms with E-state index < -0.39 is 17.6 Å². The first-order valence-electron chi connectivity index (χ1n) is 5.89. The largest absolute Gasteiger partial charge is 0.417 e. The number of rotatable bonds is 5. The molecule has 0 aliphatic rings. The van der Waals surface area contributed by atoms with Crippen LogP contribution in [0.15, 0.2) is 22.7 Å². The van der Waals surface area contributed by atoms with E-state index >= 15 is 0 Å². The monoisotopic (exact) mass is 369 g/mol. The maximum atomic E-state index is 12.9. The molecule has 1 rings (SSSR count). The molecule has 1 aromatic rings. The highest BCUT2D eigenvalue weighted by Crippen LogP contribution is 2.33. The van der Waals surface area contributed by atoms with Crippen LogP contribution in [0.2, 0.25) is 0 Å². The minimum atomic E-state index is -4.55. The molecule has 0 radical (unpaired) electrons. The van der Waals surface area contributed by atoms with E-state index in [-0.39, 0.29) is 16.0 Å². The third kappa shape index (κ3) is 5.01. The third-order valence-corrected chi connectivity index (χ3v) is 3.99. The van der Waals surface area contributed by atoms with E-state index in [0.29, 0.717) is 6.54 Å². The van der Waals surface area contributed by atoms with Crippen LogP contribution >= 0.6 is 27.7 Å². The van der Waals surface area contributed by atoms with E-state index in [1.807, 2.05) is 13.2 Å².